The van der Waals surface area contributed by atoms with Gasteiger partial charge in [0.1, 0.15) is 0 Å². The second-order valence-electron chi connectivity index (χ2n) is 4.46. The van der Waals surface area contributed by atoms with Crippen LogP contribution in [0.1, 0.15) is 33.6 Å². The van der Waals surface area contributed by atoms with E-state index in [0.29, 0.717) is 6.04 Å². The molecule has 0 fully saturated rings. The van der Waals surface area contributed by atoms with Crippen molar-refractivity contribution >= 4 is 0 Å². The highest BCUT2D eigenvalue weighted by Gasteiger charge is 2.05. The minimum Gasteiger partial charge on any atom is -0.336 e. The van der Waals surface area contributed by atoms with Crippen LogP contribution in [-0.2, 0) is 6.54 Å². The minimum atomic E-state index is 0.513. The highest BCUT2D eigenvalue weighted by Crippen LogP contribution is 2.03. The highest BCUT2D eigenvalue weighted by molar-refractivity contribution is 4.76. The minimum absolute atomic E-state index is 0.513. The predicted octanol–water partition coefficient (Wildman–Crippen LogP) is 2.30. The smallest absolute Gasteiger partial charge is 0.0946 e. The van der Waals surface area contributed by atoms with E-state index >= 15 is 0 Å². The highest BCUT2D eigenvalue weighted by atomic mass is 15.1. The first-order chi connectivity index (χ1) is 7.22. The fourth-order valence-electron chi connectivity index (χ4n) is 1.77. The van der Waals surface area contributed by atoms with Crippen LogP contribution >= 0.6 is 0 Å². The quantitative estimate of drug-likeness (QED) is 0.746. The number of rotatable bonds is 7. The lowest BCUT2D eigenvalue weighted by Crippen LogP contribution is -2.33. The largest absolute Gasteiger partial charge is 0.336 e. The second kappa shape index (κ2) is 6.62. The van der Waals surface area contributed by atoms with Crippen LogP contribution in [0.15, 0.2) is 18.7 Å². The van der Waals surface area contributed by atoms with Crippen LogP contribution in [-0.4, -0.2) is 22.1 Å². The van der Waals surface area contributed by atoms with E-state index in [4.69, 9.17) is 0 Å². The van der Waals surface area contributed by atoms with E-state index in [1.165, 1.54) is 12.8 Å². The molecular formula is C12H23N3. The Morgan fingerprint density at radius 1 is 1.40 bits per heavy atom. The molecule has 0 aliphatic carbocycles. The lowest BCUT2D eigenvalue weighted by Gasteiger charge is -2.17. The number of aromatic nitrogens is 2. The van der Waals surface area contributed by atoms with E-state index in [0.717, 1.165) is 19.0 Å². The number of hydrogen-bond donors (Lipinski definition) is 1. The Morgan fingerprint density at radius 3 is 2.80 bits per heavy atom. The summed E-state index contributed by atoms with van der Waals surface area (Å²) in [5.41, 5.74) is 0. The molecule has 1 N–H and O–H groups in total. The van der Waals surface area contributed by atoms with Crippen molar-refractivity contribution in [3.8, 4) is 0 Å². The SMILES string of the molecule is CCCC(C)CNC(C)Cn1ccnc1. The monoisotopic (exact) mass is 209 g/mol. The summed E-state index contributed by atoms with van der Waals surface area (Å²) in [7, 11) is 0. The Balaban J connectivity index is 2.16. The summed E-state index contributed by atoms with van der Waals surface area (Å²) >= 11 is 0. The van der Waals surface area contributed by atoms with Crippen molar-refractivity contribution < 1.29 is 0 Å². The zero-order valence-electron chi connectivity index (χ0n) is 10.1. The normalized spacial score (nSPS) is 15.1. The van der Waals surface area contributed by atoms with Gasteiger partial charge in [0.25, 0.3) is 0 Å². The summed E-state index contributed by atoms with van der Waals surface area (Å²) in [6, 6.07) is 0.513. The number of nitrogens with zero attached hydrogens (tertiary/aromatic N) is 2. The van der Waals surface area contributed by atoms with Gasteiger partial charge in [-0.1, -0.05) is 20.3 Å². The third-order valence-electron chi connectivity index (χ3n) is 2.64. The molecule has 0 aliphatic rings. The summed E-state index contributed by atoms with van der Waals surface area (Å²) < 4.78 is 2.11. The van der Waals surface area contributed by atoms with Gasteiger partial charge in [0, 0.05) is 25.0 Å². The van der Waals surface area contributed by atoms with Gasteiger partial charge in [-0.25, -0.2) is 4.98 Å². The Bertz CT molecular complexity index is 243. The van der Waals surface area contributed by atoms with Gasteiger partial charge in [-0.2, -0.15) is 0 Å². The zero-order chi connectivity index (χ0) is 11.1. The predicted molar refractivity (Wildman–Crippen MR) is 63.8 cm³/mol. The summed E-state index contributed by atoms with van der Waals surface area (Å²) in [6.45, 7) is 8.88. The fourth-order valence-corrected chi connectivity index (χ4v) is 1.77. The van der Waals surface area contributed by atoms with Crippen molar-refractivity contribution in [2.24, 2.45) is 5.92 Å². The van der Waals surface area contributed by atoms with Crippen molar-refractivity contribution in [3.05, 3.63) is 18.7 Å². The maximum absolute atomic E-state index is 4.04. The first-order valence-electron chi connectivity index (χ1n) is 5.91. The molecule has 1 aromatic heterocycles. The Kier molecular flexibility index (Phi) is 5.40. The zero-order valence-corrected chi connectivity index (χ0v) is 10.1. The maximum Gasteiger partial charge on any atom is 0.0946 e. The molecule has 3 heteroatoms. The number of imidazole rings is 1. The first kappa shape index (κ1) is 12.2. The van der Waals surface area contributed by atoms with Crippen LogP contribution in [0, 0.1) is 5.92 Å². The molecule has 0 saturated carbocycles. The molecule has 0 amide bonds. The van der Waals surface area contributed by atoms with E-state index in [2.05, 4.69) is 35.6 Å². The average Bonchev–Trinajstić information content (AvgIpc) is 2.68. The van der Waals surface area contributed by atoms with Gasteiger partial charge in [-0.15, -0.1) is 0 Å². The molecule has 86 valence electrons. The van der Waals surface area contributed by atoms with E-state index in [1.807, 2.05) is 18.7 Å². The molecule has 1 aromatic rings. The Hall–Kier alpha value is -0.830. The summed E-state index contributed by atoms with van der Waals surface area (Å²) in [4.78, 5) is 4.04. The van der Waals surface area contributed by atoms with Crippen LogP contribution in [0.25, 0.3) is 0 Å². The van der Waals surface area contributed by atoms with Crippen molar-refractivity contribution in [2.45, 2.75) is 46.2 Å². The van der Waals surface area contributed by atoms with E-state index in [1.54, 1.807) is 0 Å². The van der Waals surface area contributed by atoms with Gasteiger partial charge >= 0.3 is 0 Å². The third-order valence-corrected chi connectivity index (χ3v) is 2.64. The van der Waals surface area contributed by atoms with Gasteiger partial charge in [0.15, 0.2) is 0 Å². The molecule has 15 heavy (non-hydrogen) atoms. The molecular weight excluding hydrogens is 186 g/mol. The van der Waals surface area contributed by atoms with Gasteiger partial charge in [0.2, 0.25) is 0 Å². The summed E-state index contributed by atoms with van der Waals surface area (Å²) in [6.07, 6.45) is 8.29. The van der Waals surface area contributed by atoms with Crippen LogP contribution in [0.5, 0.6) is 0 Å². The van der Waals surface area contributed by atoms with Crippen LogP contribution < -0.4 is 5.32 Å². The van der Waals surface area contributed by atoms with Crippen molar-refractivity contribution in [1.82, 2.24) is 14.9 Å². The lowest BCUT2D eigenvalue weighted by atomic mass is 10.1. The molecule has 0 bridgehead atoms. The first-order valence-corrected chi connectivity index (χ1v) is 5.91. The fraction of sp³-hybridized carbons (Fsp3) is 0.750. The molecule has 1 rings (SSSR count). The molecule has 0 radical (unpaired) electrons. The lowest BCUT2D eigenvalue weighted by molar-refractivity contribution is 0.410. The molecule has 0 spiro atoms. The Morgan fingerprint density at radius 2 is 2.20 bits per heavy atom. The number of hydrogen-bond acceptors (Lipinski definition) is 2. The van der Waals surface area contributed by atoms with Crippen molar-refractivity contribution in [2.75, 3.05) is 6.54 Å². The van der Waals surface area contributed by atoms with Gasteiger partial charge in [-0.3, -0.25) is 0 Å². The van der Waals surface area contributed by atoms with E-state index in [-0.39, 0.29) is 0 Å². The molecule has 0 aliphatic heterocycles. The van der Waals surface area contributed by atoms with Crippen molar-refractivity contribution in [3.63, 3.8) is 0 Å². The molecule has 3 nitrogen and oxygen atoms in total. The molecule has 0 saturated heterocycles. The van der Waals surface area contributed by atoms with Crippen LogP contribution in [0.4, 0.5) is 0 Å². The van der Waals surface area contributed by atoms with Gasteiger partial charge in [-0.05, 0) is 25.8 Å². The number of nitrogens with one attached hydrogen (secondary N) is 1. The third kappa shape index (κ3) is 4.98. The maximum atomic E-state index is 4.04. The second-order valence-corrected chi connectivity index (χ2v) is 4.46. The molecule has 2 atom stereocenters. The summed E-state index contributed by atoms with van der Waals surface area (Å²) in [5.74, 6) is 0.778. The average molecular weight is 209 g/mol. The van der Waals surface area contributed by atoms with Crippen molar-refractivity contribution in [1.29, 1.82) is 0 Å². The molecule has 1 heterocycles. The summed E-state index contributed by atoms with van der Waals surface area (Å²) in [5, 5.41) is 3.56. The Labute approximate surface area is 92.9 Å². The van der Waals surface area contributed by atoms with Crippen LogP contribution in [0.2, 0.25) is 0 Å². The van der Waals surface area contributed by atoms with E-state index < -0.39 is 0 Å². The van der Waals surface area contributed by atoms with E-state index in [9.17, 15) is 0 Å². The molecule has 2 unspecified atom stereocenters. The standard InChI is InChI=1S/C12H23N3/c1-4-5-11(2)8-14-12(3)9-15-7-6-13-10-15/h6-7,10-12,14H,4-5,8-9H2,1-3H3. The topological polar surface area (TPSA) is 29.9 Å². The van der Waals surface area contributed by atoms with Crippen LogP contribution in [0.3, 0.4) is 0 Å². The van der Waals surface area contributed by atoms with Gasteiger partial charge in [0.05, 0.1) is 6.33 Å². The van der Waals surface area contributed by atoms with Gasteiger partial charge < -0.3 is 9.88 Å². The molecule has 0 aromatic carbocycles.